The molecule has 0 spiro atoms. The number of nitrogens with zero attached hydrogens (tertiary/aromatic N) is 5. The Morgan fingerprint density at radius 1 is 1.15 bits per heavy atom. The molecule has 0 saturated carbocycles. The summed E-state index contributed by atoms with van der Waals surface area (Å²) in [5.74, 6) is 0. The van der Waals surface area contributed by atoms with Gasteiger partial charge in [0.2, 0.25) is 0 Å². The van der Waals surface area contributed by atoms with Crippen molar-refractivity contribution in [3.05, 3.63) is 80.4 Å². The first kappa shape index (κ1) is 20.8. The third kappa shape index (κ3) is 3.85. The first-order valence-electron chi connectivity index (χ1n) is 10.9. The van der Waals surface area contributed by atoms with Gasteiger partial charge in [0.1, 0.15) is 5.69 Å². The van der Waals surface area contributed by atoms with Crippen LogP contribution < -0.4 is 10.5 Å². The Morgan fingerprint density at radius 3 is 2.61 bits per heavy atom. The van der Waals surface area contributed by atoms with E-state index in [9.17, 15) is 14.9 Å². The lowest BCUT2D eigenvalue weighted by molar-refractivity contribution is -0.383. The lowest BCUT2D eigenvalue weighted by atomic mass is 10.1. The van der Waals surface area contributed by atoms with Crippen LogP contribution in [0.1, 0.15) is 24.1 Å². The zero-order valence-electron chi connectivity index (χ0n) is 17.9. The monoisotopic (exact) mass is 442 g/mol. The fourth-order valence-electron chi connectivity index (χ4n) is 4.80. The van der Waals surface area contributed by atoms with Crippen LogP contribution in [-0.4, -0.2) is 52.0 Å². The summed E-state index contributed by atoms with van der Waals surface area (Å²) in [5, 5.41) is 21.1. The maximum Gasteiger partial charge on any atom is 0.319 e. The molecule has 1 aliphatic carbocycles. The summed E-state index contributed by atoms with van der Waals surface area (Å²) >= 11 is 0. The molecule has 1 aliphatic heterocycles. The Balaban J connectivity index is 1.36. The molecular weight excluding hydrogens is 420 g/mol. The second-order valence-corrected chi connectivity index (χ2v) is 8.31. The number of fused-ring (bicyclic) bond motifs is 1. The third-order valence-corrected chi connectivity index (χ3v) is 6.50. The largest absolute Gasteiger partial charge is 0.369 e. The van der Waals surface area contributed by atoms with Gasteiger partial charge in [0.05, 0.1) is 21.9 Å². The molecule has 9 nitrogen and oxygen atoms in total. The average Bonchev–Trinajstić information content (AvgIpc) is 3.34. The van der Waals surface area contributed by atoms with E-state index in [0.29, 0.717) is 12.0 Å². The number of rotatable bonds is 4. The summed E-state index contributed by atoms with van der Waals surface area (Å²) in [4.78, 5) is 35.5. The number of pyridine rings is 2. The number of anilines is 1. The molecule has 0 unspecified atom stereocenters. The highest BCUT2D eigenvalue weighted by atomic mass is 16.6. The zero-order chi connectivity index (χ0) is 22.9. The number of hydrogen-bond donors (Lipinski definition) is 1. The summed E-state index contributed by atoms with van der Waals surface area (Å²) < 4.78 is 0. The van der Waals surface area contributed by atoms with Crippen molar-refractivity contribution in [1.29, 1.82) is 5.26 Å². The van der Waals surface area contributed by atoms with E-state index in [1.165, 1.54) is 6.20 Å². The van der Waals surface area contributed by atoms with E-state index in [0.717, 1.165) is 43.9 Å². The fraction of sp³-hybridized carbons (Fsp3) is 0.292. The van der Waals surface area contributed by atoms with Crippen LogP contribution in [0.3, 0.4) is 0 Å². The van der Waals surface area contributed by atoms with Crippen LogP contribution in [0.5, 0.6) is 0 Å². The number of allylic oxidation sites excluding steroid dienone is 1. The SMILES string of the molecule is N#Cc1ccc(N2CCN([C@H]3C=C(c4[nH]c(=O)c5cccnc5c4[N+](=O)[O-])CC3)CC2)cc1. The molecule has 1 atom stereocenters. The molecule has 1 saturated heterocycles. The topological polar surface area (TPSA) is 119 Å². The molecular formula is C24H22N6O3. The number of hydrogen-bond acceptors (Lipinski definition) is 7. The van der Waals surface area contributed by atoms with E-state index in [1.807, 2.05) is 24.3 Å². The minimum absolute atomic E-state index is 0.127. The van der Waals surface area contributed by atoms with Gasteiger partial charge in [-0.3, -0.25) is 19.8 Å². The molecule has 3 aromatic rings. The lowest BCUT2D eigenvalue weighted by Crippen LogP contribution is -2.49. The predicted molar refractivity (Wildman–Crippen MR) is 125 cm³/mol. The summed E-state index contributed by atoms with van der Waals surface area (Å²) in [7, 11) is 0. The van der Waals surface area contributed by atoms with Gasteiger partial charge < -0.3 is 9.88 Å². The number of piperazine rings is 1. The van der Waals surface area contributed by atoms with E-state index < -0.39 is 4.92 Å². The molecule has 166 valence electrons. The Bertz CT molecular complexity index is 1350. The summed E-state index contributed by atoms with van der Waals surface area (Å²) in [6, 6.07) is 13.1. The maximum atomic E-state index is 12.5. The van der Waals surface area contributed by atoms with Gasteiger partial charge in [-0.05, 0) is 54.8 Å². The van der Waals surface area contributed by atoms with E-state index in [-0.39, 0.29) is 33.9 Å². The number of nitrogens with one attached hydrogen (secondary N) is 1. The van der Waals surface area contributed by atoms with Crippen molar-refractivity contribution in [2.75, 3.05) is 31.1 Å². The Labute approximate surface area is 189 Å². The smallest absolute Gasteiger partial charge is 0.319 e. The minimum Gasteiger partial charge on any atom is -0.369 e. The second-order valence-electron chi connectivity index (χ2n) is 8.31. The van der Waals surface area contributed by atoms with Crippen molar-refractivity contribution in [3.63, 3.8) is 0 Å². The van der Waals surface area contributed by atoms with Crippen molar-refractivity contribution < 1.29 is 4.92 Å². The van der Waals surface area contributed by atoms with Crippen molar-refractivity contribution in [2.45, 2.75) is 18.9 Å². The van der Waals surface area contributed by atoms with Gasteiger partial charge in [-0.25, -0.2) is 4.98 Å². The van der Waals surface area contributed by atoms with Crippen LogP contribution >= 0.6 is 0 Å². The summed E-state index contributed by atoms with van der Waals surface area (Å²) in [5.41, 5.74) is 2.45. The van der Waals surface area contributed by atoms with E-state index in [2.05, 4.69) is 31.9 Å². The molecule has 9 heteroatoms. The van der Waals surface area contributed by atoms with Crippen molar-refractivity contribution in [3.8, 4) is 6.07 Å². The number of aromatic nitrogens is 2. The highest BCUT2D eigenvalue weighted by Gasteiger charge is 2.31. The molecule has 1 fully saturated rings. The fourth-order valence-corrected chi connectivity index (χ4v) is 4.80. The van der Waals surface area contributed by atoms with Crippen LogP contribution in [0.15, 0.2) is 53.5 Å². The molecule has 0 radical (unpaired) electrons. The first-order valence-corrected chi connectivity index (χ1v) is 10.9. The normalized spacial score (nSPS) is 18.8. The molecule has 0 bridgehead atoms. The van der Waals surface area contributed by atoms with Gasteiger partial charge in [0.15, 0.2) is 5.52 Å². The second kappa shape index (κ2) is 8.48. The molecule has 2 aromatic heterocycles. The van der Waals surface area contributed by atoms with Crippen LogP contribution in [0, 0.1) is 21.4 Å². The van der Waals surface area contributed by atoms with Gasteiger partial charge in [0.25, 0.3) is 5.56 Å². The summed E-state index contributed by atoms with van der Waals surface area (Å²) in [6.07, 6.45) is 5.05. The van der Waals surface area contributed by atoms with Crippen molar-refractivity contribution in [1.82, 2.24) is 14.9 Å². The van der Waals surface area contributed by atoms with E-state index >= 15 is 0 Å². The van der Waals surface area contributed by atoms with Crippen LogP contribution in [-0.2, 0) is 0 Å². The standard InChI is InChI=1S/C24H22N6O3/c25-15-16-3-6-18(7-4-16)28-10-12-29(13-11-28)19-8-5-17(14-19)21-23(30(32)33)22-20(24(31)27-21)2-1-9-26-22/h1-4,6-7,9,14,19H,5,8,10-13H2,(H,27,31)/t19-/m1/s1. The molecule has 1 N–H and O–H groups in total. The number of nitro groups is 1. The molecule has 2 aliphatic rings. The van der Waals surface area contributed by atoms with Crippen LogP contribution in [0.2, 0.25) is 0 Å². The highest BCUT2D eigenvalue weighted by Crippen LogP contribution is 2.36. The predicted octanol–water partition coefficient (Wildman–Crippen LogP) is 3.07. The Kier molecular flexibility index (Phi) is 5.36. The number of aromatic amines is 1. The van der Waals surface area contributed by atoms with Crippen molar-refractivity contribution in [2.24, 2.45) is 0 Å². The van der Waals surface area contributed by atoms with Gasteiger partial charge in [0, 0.05) is 44.1 Å². The van der Waals surface area contributed by atoms with Gasteiger partial charge in [-0.1, -0.05) is 6.08 Å². The minimum atomic E-state index is -0.453. The molecule has 5 rings (SSSR count). The Morgan fingerprint density at radius 2 is 1.91 bits per heavy atom. The maximum absolute atomic E-state index is 12.5. The quantitative estimate of drug-likeness (QED) is 0.487. The molecule has 33 heavy (non-hydrogen) atoms. The van der Waals surface area contributed by atoms with E-state index in [4.69, 9.17) is 5.26 Å². The lowest BCUT2D eigenvalue weighted by Gasteiger charge is -2.38. The van der Waals surface area contributed by atoms with Crippen LogP contribution in [0.25, 0.3) is 16.5 Å². The van der Waals surface area contributed by atoms with Crippen molar-refractivity contribution >= 4 is 27.9 Å². The molecule has 0 amide bonds. The number of nitriles is 1. The molecule has 3 heterocycles. The van der Waals surface area contributed by atoms with Gasteiger partial charge in [-0.15, -0.1) is 0 Å². The first-order chi connectivity index (χ1) is 16.0. The number of H-pyrrole nitrogens is 1. The summed E-state index contributed by atoms with van der Waals surface area (Å²) in [6.45, 7) is 3.46. The van der Waals surface area contributed by atoms with Gasteiger partial charge >= 0.3 is 5.69 Å². The zero-order valence-corrected chi connectivity index (χ0v) is 17.9. The Hall–Kier alpha value is -4.03. The van der Waals surface area contributed by atoms with E-state index in [1.54, 1.807) is 12.1 Å². The highest BCUT2D eigenvalue weighted by molar-refractivity contribution is 5.91. The molecule has 1 aromatic carbocycles. The van der Waals surface area contributed by atoms with Gasteiger partial charge in [-0.2, -0.15) is 5.26 Å². The number of benzene rings is 1. The third-order valence-electron chi connectivity index (χ3n) is 6.50. The van der Waals surface area contributed by atoms with Crippen LogP contribution in [0.4, 0.5) is 11.4 Å². The average molecular weight is 442 g/mol.